The van der Waals surface area contributed by atoms with Crippen LogP contribution in [0.25, 0.3) is 0 Å². The van der Waals surface area contributed by atoms with Crippen LogP contribution < -0.4 is 20.1 Å². The second-order valence-electron chi connectivity index (χ2n) is 9.20. The van der Waals surface area contributed by atoms with Gasteiger partial charge in [0.15, 0.2) is 0 Å². The molecule has 0 saturated heterocycles. The smallest absolute Gasteiger partial charge is 0.328 e. The van der Waals surface area contributed by atoms with Crippen LogP contribution in [0.3, 0.4) is 0 Å². The molecule has 37 heavy (non-hydrogen) atoms. The highest BCUT2D eigenvalue weighted by Crippen LogP contribution is 2.39. The normalized spacial score (nSPS) is 19.4. The van der Waals surface area contributed by atoms with Crippen LogP contribution in [0.2, 0.25) is 0 Å². The van der Waals surface area contributed by atoms with Crippen molar-refractivity contribution in [3.05, 3.63) is 96.1 Å². The fourth-order valence-electron chi connectivity index (χ4n) is 4.85. The van der Waals surface area contributed by atoms with Gasteiger partial charge in [-0.2, -0.15) is 0 Å². The van der Waals surface area contributed by atoms with Gasteiger partial charge in [-0.3, -0.25) is 4.79 Å². The molecule has 0 radical (unpaired) electrons. The average molecular weight is 522 g/mol. The minimum atomic E-state index is -3.95. The Kier molecular flexibility index (Phi) is 8.13. The predicted octanol–water partition coefficient (Wildman–Crippen LogP) is 3.99. The molecule has 0 unspecified atom stereocenters. The van der Waals surface area contributed by atoms with Gasteiger partial charge < -0.3 is 15.4 Å². The SMILES string of the molecule is COc1ccccc1C(=O)NC[C@]1(c2ccccc2)CC[C@H](NC(=O)NS(=O)(=O)c2ccccc2)CC1. The lowest BCUT2D eigenvalue weighted by Crippen LogP contribution is -2.50. The summed E-state index contributed by atoms with van der Waals surface area (Å²) in [7, 11) is -2.41. The summed E-state index contributed by atoms with van der Waals surface area (Å²) in [6.07, 6.45) is 2.69. The third-order valence-electron chi connectivity index (χ3n) is 6.88. The lowest BCUT2D eigenvalue weighted by molar-refractivity contribution is 0.0932. The first kappa shape index (κ1) is 26.2. The summed E-state index contributed by atoms with van der Waals surface area (Å²) in [6, 6.07) is 24.0. The summed E-state index contributed by atoms with van der Waals surface area (Å²) in [4.78, 5) is 25.5. The van der Waals surface area contributed by atoms with Gasteiger partial charge in [0.05, 0.1) is 17.6 Å². The van der Waals surface area contributed by atoms with Crippen LogP contribution in [0.4, 0.5) is 4.79 Å². The van der Waals surface area contributed by atoms with Crippen molar-refractivity contribution >= 4 is 22.0 Å². The zero-order valence-electron chi connectivity index (χ0n) is 20.6. The van der Waals surface area contributed by atoms with Gasteiger partial charge >= 0.3 is 6.03 Å². The maximum Gasteiger partial charge on any atom is 0.328 e. The molecule has 194 valence electrons. The molecule has 0 heterocycles. The number of carbonyl (C=O) groups is 2. The van der Waals surface area contributed by atoms with Crippen molar-refractivity contribution in [2.24, 2.45) is 0 Å². The zero-order valence-corrected chi connectivity index (χ0v) is 21.5. The number of urea groups is 1. The number of nitrogens with one attached hydrogen (secondary N) is 3. The zero-order chi connectivity index (χ0) is 26.3. The highest BCUT2D eigenvalue weighted by atomic mass is 32.2. The van der Waals surface area contributed by atoms with Gasteiger partial charge in [0, 0.05) is 18.0 Å². The maximum absolute atomic E-state index is 13.0. The first-order valence-electron chi connectivity index (χ1n) is 12.2. The Morgan fingerprint density at radius 1 is 0.892 bits per heavy atom. The second kappa shape index (κ2) is 11.5. The topological polar surface area (TPSA) is 114 Å². The van der Waals surface area contributed by atoms with Crippen molar-refractivity contribution in [1.82, 2.24) is 15.4 Å². The van der Waals surface area contributed by atoms with E-state index in [4.69, 9.17) is 4.74 Å². The number of rotatable bonds is 8. The molecule has 0 atom stereocenters. The Hall–Kier alpha value is -3.85. The average Bonchev–Trinajstić information content (AvgIpc) is 2.93. The van der Waals surface area contributed by atoms with Gasteiger partial charge in [0.2, 0.25) is 0 Å². The van der Waals surface area contributed by atoms with Crippen molar-refractivity contribution in [3.8, 4) is 5.75 Å². The van der Waals surface area contributed by atoms with E-state index in [1.807, 2.05) is 24.3 Å². The van der Waals surface area contributed by atoms with E-state index in [9.17, 15) is 18.0 Å². The third-order valence-corrected chi connectivity index (χ3v) is 8.23. The summed E-state index contributed by atoms with van der Waals surface area (Å²) in [6.45, 7) is 0.426. The number of para-hydroxylation sites is 1. The van der Waals surface area contributed by atoms with E-state index < -0.39 is 16.1 Å². The highest BCUT2D eigenvalue weighted by molar-refractivity contribution is 7.90. The fraction of sp³-hybridized carbons (Fsp3) is 0.286. The molecule has 8 nitrogen and oxygen atoms in total. The third kappa shape index (κ3) is 6.29. The number of methoxy groups -OCH3 is 1. The Balaban J connectivity index is 1.41. The van der Waals surface area contributed by atoms with Crippen molar-refractivity contribution in [1.29, 1.82) is 0 Å². The first-order valence-corrected chi connectivity index (χ1v) is 13.7. The molecule has 1 saturated carbocycles. The molecular weight excluding hydrogens is 490 g/mol. The van der Waals surface area contributed by atoms with Crippen LogP contribution in [0, 0.1) is 0 Å². The fourth-order valence-corrected chi connectivity index (χ4v) is 5.78. The molecule has 1 aliphatic rings. The second-order valence-corrected chi connectivity index (χ2v) is 10.9. The summed E-state index contributed by atoms with van der Waals surface area (Å²) < 4.78 is 32.4. The van der Waals surface area contributed by atoms with Crippen LogP contribution in [-0.4, -0.2) is 40.1 Å². The highest BCUT2D eigenvalue weighted by Gasteiger charge is 2.38. The molecule has 3 aromatic rings. The lowest BCUT2D eigenvalue weighted by atomic mass is 9.68. The Morgan fingerprint density at radius 3 is 2.14 bits per heavy atom. The lowest BCUT2D eigenvalue weighted by Gasteiger charge is -2.41. The molecule has 1 fully saturated rings. The Labute approximate surface area is 217 Å². The number of carbonyl (C=O) groups excluding carboxylic acids is 2. The molecule has 3 aromatic carbocycles. The van der Waals surface area contributed by atoms with Crippen LogP contribution in [0.1, 0.15) is 41.6 Å². The number of sulfonamides is 1. The summed E-state index contributed by atoms with van der Waals surface area (Å²) in [5.41, 5.74) is 1.27. The predicted molar refractivity (Wildman–Crippen MR) is 141 cm³/mol. The number of hydrogen-bond acceptors (Lipinski definition) is 5. The Morgan fingerprint density at radius 2 is 1.49 bits per heavy atom. The molecule has 3 N–H and O–H groups in total. The van der Waals surface area contributed by atoms with Crippen molar-refractivity contribution in [3.63, 3.8) is 0 Å². The minimum Gasteiger partial charge on any atom is -0.496 e. The molecular formula is C28H31N3O5S. The van der Waals surface area contributed by atoms with Gasteiger partial charge in [-0.25, -0.2) is 17.9 Å². The standard InChI is InChI=1S/C28H31N3O5S/c1-36-25-15-9-8-14-24(25)26(32)29-20-28(21-10-4-2-5-11-21)18-16-22(17-19-28)30-27(33)31-37(34,35)23-12-6-3-7-13-23/h2-15,22H,16-20H2,1H3,(H,29,32)(H2,30,31,33)/t22-,28-. The van der Waals surface area contributed by atoms with Crippen LogP contribution >= 0.6 is 0 Å². The van der Waals surface area contributed by atoms with E-state index in [-0.39, 0.29) is 22.3 Å². The van der Waals surface area contributed by atoms with E-state index in [2.05, 4.69) is 27.5 Å². The van der Waals surface area contributed by atoms with E-state index in [0.717, 1.165) is 5.56 Å². The van der Waals surface area contributed by atoms with Crippen molar-refractivity contribution < 1.29 is 22.7 Å². The molecule has 0 aromatic heterocycles. The monoisotopic (exact) mass is 521 g/mol. The minimum absolute atomic E-state index is 0.0303. The van der Waals surface area contributed by atoms with Crippen molar-refractivity contribution in [2.45, 2.75) is 42.0 Å². The molecule has 9 heteroatoms. The van der Waals surface area contributed by atoms with Gasteiger partial charge in [-0.15, -0.1) is 0 Å². The molecule has 0 spiro atoms. The largest absolute Gasteiger partial charge is 0.496 e. The first-order chi connectivity index (χ1) is 17.8. The Bertz CT molecular complexity index is 1320. The van der Waals surface area contributed by atoms with E-state index >= 15 is 0 Å². The molecule has 0 bridgehead atoms. The van der Waals surface area contributed by atoms with Gasteiger partial charge in [-0.1, -0.05) is 60.7 Å². The molecule has 1 aliphatic carbocycles. The molecule has 0 aliphatic heterocycles. The summed E-state index contributed by atoms with van der Waals surface area (Å²) >= 11 is 0. The van der Waals surface area contributed by atoms with Crippen LogP contribution in [-0.2, 0) is 15.4 Å². The molecule has 3 amide bonds. The maximum atomic E-state index is 13.0. The summed E-state index contributed by atoms with van der Waals surface area (Å²) in [5, 5.41) is 5.90. The van der Waals surface area contributed by atoms with E-state index in [1.54, 1.807) is 36.4 Å². The number of benzene rings is 3. The van der Waals surface area contributed by atoms with Gasteiger partial charge in [0.1, 0.15) is 5.75 Å². The van der Waals surface area contributed by atoms with E-state index in [0.29, 0.717) is 43.5 Å². The number of hydrogen-bond donors (Lipinski definition) is 3. The molecule has 4 rings (SSSR count). The number of ether oxygens (including phenoxy) is 1. The van der Waals surface area contributed by atoms with E-state index in [1.165, 1.54) is 19.2 Å². The van der Waals surface area contributed by atoms with Gasteiger partial charge in [-0.05, 0) is 55.5 Å². The van der Waals surface area contributed by atoms with Gasteiger partial charge in [0.25, 0.3) is 15.9 Å². The summed E-state index contributed by atoms with van der Waals surface area (Å²) in [5.74, 6) is 0.302. The quantitative estimate of drug-likeness (QED) is 0.415. The number of amides is 3. The van der Waals surface area contributed by atoms with Crippen molar-refractivity contribution in [2.75, 3.05) is 13.7 Å². The van der Waals surface area contributed by atoms with Crippen LogP contribution in [0.5, 0.6) is 5.75 Å². The van der Waals surface area contributed by atoms with Crippen LogP contribution in [0.15, 0.2) is 89.8 Å².